The predicted octanol–water partition coefficient (Wildman–Crippen LogP) is 7.16. The largest absolute Gasteiger partial charge is 0.479 e. The van der Waals surface area contributed by atoms with E-state index < -0.39 is 36.0 Å². The molecule has 8 N–H and O–H groups in total. The summed E-state index contributed by atoms with van der Waals surface area (Å²) in [5.41, 5.74) is 5.71. The zero-order valence-electron chi connectivity index (χ0n) is 45.4. The molecular weight excluding hydrogens is 1140 g/mol. The van der Waals surface area contributed by atoms with Crippen molar-refractivity contribution < 1.29 is 48.3 Å². The van der Waals surface area contributed by atoms with Gasteiger partial charge in [0.1, 0.15) is 11.6 Å². The van der Waals surface area contributed by atoms with E-state index >= 15 is 0 Å². The van der Waals surface area contributed by atoms with Gasteiger partial charge in [-0.1, -0.05) is 82.8 Å². The molecule has 6 aromatic rings. The Balaban J connectivity index is 0.642. The number of carbonyl (C=O) groups is 4. The van der Waals surface area contributed by atoms with E-state index in [0.717, 1.165) is 70.7 Å². The van der Waals surface area contributed by atoms with E-state index in [1.807, 2.05) is 36.4 Å². The Labute approximate surface area is 494 Å². The molecule has 0 saturated carbocycles. The lowest BCUT2D eigenvalue weighted by Gasteiger charge is -2.33. The third kappa shape index (κ3) is 16.6. The molecule has 0 radical (unpaired) electrons. The van der Waals surface area contributed by atoms with Crippen LogP contribution in [-0.4, -0.2) is 180 Å². The summed E-state index contributed by atoms with van der Waals surface area (Å²) in [6.07, 6.45) is 0.369. The van der Waals surface area contributed by atoms with Crippen molar-refractivity contribution in [3.05, 3.63) is 138 Å². The number of hydrogen-bond donors (Lipinski definition) is 8. The normalized spacial score (nSPS) is 15.4. The van der Waals surface area contributed by atoms with Gasteiger partial charge in [0.2, 0.25) is 5.54 Å². The quantitative estimate of drug-likeness (QED) is 0.0171. The molecule has 8 rings (SSSR count). The first-order chi connectivity index (χ1) is 39.6. The van der Waals surface area contributed by atoms with Gasteiger partial charge >= 0.3 is 24.0 Å². The Morgan fingerprint density at radius 2 is 1.04 bits per heavy atom. The number of amides is 4. The highest BCUT2D eigenvalue weighted by molar-refractivity contribution is 6.35. The van der Waals surface area contributed by atoms with Crippen LogP contribution < -0.4 is 21.3 Å². The van der Waals surface area contributed by atoms with E-state index in [4.69, 9.17) is 65.4 Å². The van der Waals surface area contributed by atoms with Crippen LogP contribution in [-0.2, 0) is 54.5 Å². The number of carboxylic acid groups (broad SMARTS) is 2. The molecule has 4 aromatic carbocycles. The minimum Gasteiger partial charge on any atom is -0.479 e. The molecule has 0 saturated heterocycles. The standard InChI is InChI=1S/C56H66Cl4N12O10/c1-71-30-42(40-26-38(57)28-46(59)44(40)32-71)34-6-3-8-36(24-34)50-64-48(67-69-50)10-16-79-20-22-81-18-14-62-54(77)61-13-5-12-56(52(73)74,53(75)76)66-55(78)63-15-19-82-23-21-80-17-11-49-65-51(70-68-49)37-9-4-7-35(25-37)43-31-72(2)33-45-41(43)27-39(58)29-47(45)60/h3-4,6-9,24-29,42-43H,5,10-23,30-33H2,1-2H3,(H,73,74)(H,75,76)(H2,61,62,77)(H2,63,66,78)(H,64,67,69)(H,65,68,70)/t42-,43-/m0/s1. The van der Waals surface area contributed by atoms with Gasteiger partial charge in [0.25, 0.3) is 0 Å². The summed E-state index contributed by atoms with van der Waals surface area (Å²) < 4.78 is 22.5. The average molecular weight is 1210 g/mol. The van der Waals surface area contributed by atoms with E-state index in [1.165, 1.54) is 0 Å². The maximum Gasteiger partial charge on any atom is 0.341 e. The second-order valence-electron chi connectivity index (χ2n) is 20.0. The van der Waals surface area contributed by atoms with Crippen molar-refractivity contribution in [3.63, 3.8) is 0 Å². The monoisotopic (exact) mass is 1210 g/mol. The van der Waals surface area contributed by atoms with Gasteiger partial charge in [-0.25, -0.2) is 29.1 Å². The van der Waals surface area contributed by atoms with Gasteiger partial charge in [-0.15, -0.1) is 0 Å². The lowest BCUT2D eigenvalue weighted by Crippen LogP contribution is -2.62. The number of ether oxygens (including phenoxy) is 4. The Morgan fingerprint density at radius 3 is 1.50 bits per heavy atom. The van der Waals surface area contributed by atoms with Crippen LogP contribution in [0.15, 0.2) is 72.8 Å². The van der Waals surface area contributed by atoms with Crippen LogP contribution in [0.25, 0.3) is 22.8 Å². The summed E-state index contributed by atoms with van der Waals surface area (Å²) >= 11 is 26.0. The fourth-order valence-corrected chi connectivity index (χ4v) is 11.0. The summed E-state index contributed by atoms with van der Waals surface area (Å²) in [6, 6.07) is 22.3. The second-order valence-corrected chi connectivity index (χ2v) is 21.7. The number of carboxylic acids is 2. The van der Waals surface area contributed by atoms with E-state index in [-0.39, 0.29) is 70.9 Å². The number of nitrogens with one attached hydrogen (secondary N) is 6. The van der Waals surface area contributed by atoms with Crippen LogP contribution in [0.3, 0.4) is 0 Å². The van der Waals surface area contributed by atoms with E-state index in [9.17, 15) is 29.4 Å². The van der Waals surface area contributed by atoms with E-state index in [1.54, 1.807) is 12.1 Å². The Hall–Kier alpha value is -6.44. The number of likely N-dealkylation sites (N-methyl/N-ethyl adjacent to an activating group) is 2. The average Bonchev–Trinajstić information content (AvgIpc) is 3.46. The van der Waals surface area contributed by atoms with E-state index in [0.29, 0.717) is 76.1 Å². The van der Waals surface area contributed by atoms with Crippen molar-refractivity contribution in [2.75, 3.05) is 99.7 Å². The number of halogens is 4. The predicted molar refractivity (Wildman–Crippen MR) is 309 cm³/mol. The fourth-order valence-electron chi connectivity index (χ4n) is 9.91. The first-order valence-corrected chi connectivity index (χ1v) is 28.3. The highest BCUT2D eigenvalue weighted by Gasteiger charge is 2.47. The zero-order valence-corrected chi connectivity index (χ0v) is 48.4. The van der Waals surface area contributed by atoms with Crippen LogP contribution in [0.2, 0.25) is 20.1 Å². The smallest absolute Gasteiger partial charge is 0.341 e. The number of fused-ring (bicyclic) bond motifs is 2. The van der Waals surface area contributed by atoms with Gasteiger partial charge in [-0.3, -0.25) is 10.2 Å². The lowest BCUT2D eigenvalue weighted by atomic mass is 9.84. The van der Waals surface area contributed by atoms with Crippen molar-refractivity contribution in [2.45, 2.75) is 56.1 Å². The zero-order chi connectivity index (χ0) is 58.2. The van der Waals surface area contributed by atoms with Gasteiger partial charge < -0.3 is 60.2 Å². The summed E-state index contributed by atoms with van der Waals surface area (Å²) in [5, 5.41) is 46.8. The Bertz CT molecular complexity index is 3150. The van der Waals surface area contributed by atoms with Crippen LogP contribution in [0.4, 0.5) is 9.59 Å². The van der Waals surface area contributed by atoms with Crippen LogP contribution >= 0.6 is 46.4 Å². The number of benzene rings is 4. The van der Waals surface area contributed by atoms with Crippen molar-refractivity contribution in [3.8, 4) is 22.8 Å². The molecule has 0 fully saturated rings. The molecule has 2 aliphatic heterocycles. The van der Waals surface area contributed by atoms with Gasteiger partial charge in [-0.2, -0.15) is 10.2 Å². The van der Waals surface area contributed by atoms with Gasteiger partial charge in [0.15, 0.2) is 11.6 Å². The number of aromatic amines is 2. The second kappa shape index (κ2) is 29.7. The summed E-state index contributed by atoms with van der Waals surface area (Å²) in [6.45, 7) is 5.14. The van der Waals surface area contributed by atoms with Gasteiger partial charge in [-0.05, 0) is 96.7 Å². The number of hydrogen-bond acceptors (Lipinski definition) is 14. The summed E-state index contributed by atoms with van der Waals surface area (Å²) in [4.78, 5) is 63.2. The third-order valence-electron chi connectivity index (χ3n) is 14.0. The van der Waals surface area contributed by atoms with Crippen molar-refractivity contribution >= 4 is 70.4 Å². The minimum absolute atomic E-state index is 0.0429. The number of aromatic nitrogens is 6. The van der Waals surface area contributed by atoms with Gasteiger partial charge in [0.05, 0.1) is 52.9 Å². The van der Waals surface area contributed by atoms with Crippen molar-refractivity contribution in [1.82, 2.24) is 61.4 Å². The number of carbonyl (C=O) groups excluding carboxylic acids is 2. The molecule has 2 aliphatic rings. The highest BCUT2D eigenvalue weighted by Crippen LogP contribution is 2.41. The topological polar surface area (TPSA) is 283 Å². The molecule has 0 aliphatic carbocycles. The lowest BCUT2D eigenvalue weighted by molar-refractivity contribution is -0.158. The minimum atomic E-state index is -2.65. The molecule has 2 aromatic heterocycles. The molecule has 26 heteroatoms. The summed E-state index contributed by atoms with van der Waals surface area (Å²) in [7, 11) is 4.14. The molecule has 0 bridgehead atoms. The maximum absolute atomic E-state index is 12.7. The molecule has 22 nitrogen and oxygen atoms in total. The van der Waals surface area contributed by atoms with Crippen LogP contribution in [0.5, 0.6) is 0 Å². The first kappa shape index (κ1) is 61.6. The number of urea groups is 2. The number of nitrogens with zero attached hydrogens (tertiary/aromatic N) is 6. The SMILES string of the molecule is CN1Cc2c(Cl)cc(Cl)cc2[C@H](c2cccc(-c3n[nH]c(CCOCCOCCNC(=O)NCCCC(NC(=O)NCCOCCOCCc4nc(-c5cccc([C@@H]6CN(C)Cc7c(Cl)cc(Cl)cc76)c5)n[nH]4)(C(=O)O)C(=O)O)n3)c2)C1. The molecule has 0 unspecified atom stereocenters. The van der Waals surface area contributed by atoms with Crippen LogP contribution in [0, 0.1) is 0 Å². The Kier molecular flexibility index (Phi) is 22.3. The Morgan fingerprint density at radius 1 is 0.598 bits per heavy atom. The molecule has 4 amide bonds. The van der Waals surface area contributed by atoms with Crippen molar-refractivity contribution in [2.24, 2.45) is 0 Å². The molecule has 82 heavy (non-hydrogen) atoms. The molecule has 0 spiro atoms. The van der Waals surface area contributed by atoms with Crippen LogP contribution in [0.1, 0.15) is 69.7 Å². The number of rotatable bonds is 29. The van der Waals surface area contributed by atoms with Gasteiger partial charge in [0, 0.05) is 102 Å². The van der Waals surface area contributed by atoms with Crippen molar-refractivity contribution in [1.29, 1.82) is 0 Å². The highest BCUT2D eigenvalue weighted by atomic mass is 35.5. The molecule has 438 valence electrons. The third-order valence-corrected chi connectivity index (χ3v) is 15.1. The number of H-pyrrole nitrogens is 2. The fraction of sp³-hybridized carbons (Fsp3) is 0.429. The summed E-state index contributed by atoms with van der Waals surface area (Å²) in [5.74, 6) is -0.922. The maximum atomic E-state index is 12.7. The molecule has 2 atom stereocenters. The molecule has 4 heterocycles. The first-order valence-electron chi connectivity index (χ1n) is 26.8. The van der Waals surface area contributed by atoms with E-state index in [2.05, 4.69) is 99.8 Å². The molecular formula is C56H66Cl4N12O10. The number of aliphatic carboxylic acids is 2.